The molecule has 3 N–H and O–H groups in total. The highest BCUT2D eigenvalue weighted by Gasteiger charge is 2.66. The van der Waals surface area contributed by atoms with Crippen molar-refractivity contribution < 1.29 is 32.3 Å². The van der Waals surface area contributed by atoms with Gasteiger partial charge >= 0.3 is 12.2 Å². The standard InChI is InChI=1S/C18H14F4N2O3/c19-12-8-4-7-11(9-12)14-13(15(25)10-5-2-1-3-6-10)17(27,18(20,21)22)24-16(26)23-14/h1-9,13-14,27H,(H2,23,24,26)/t13-,14-,17-/m1/s1. The minimum absolute atomic E-state index is 0.0817. The Kier molecular flexibility index (Phi) is 4.64. The average molecular weight is 382 g/mol. The van der Waals surface area contributed by atoms with Crippen LogP contribution in [0.3, 0.4) is 0 Å². The van der Waals surface area contributed by atoms with Crippen molar-refractivity contribution in [2.75, 3.05) is 0 Å². The lowest BCUT2D eigenvalue weighted by atomic mass is 9.77. The molecular weight excluding hydrogens is 368 g/mol. The molecule has 0 radical (unpaired) electrons. The van der Waals surface area contributed by atoms with Crippen molar-refractivity contribution in [3.8, 4) is 0 Å². The highest BCUT2D eigenvalue weighted by molar-refractivity contribution is 6.00. The maximum absolute atomic E-state index is 13.7. The van der Waals surface area contributed by atoms with Gasteiger partial charge in [-0.3, -0.25) is 4.79 Å². The average Bonchev–Trinajstić information content (AvgIpc) is 2.60. The Bertz CT molecular complexity index is 872. The minimum atomic E-state index is -5.36. The highest BCUT2D eigenvalue weighted by Crippen LogP contribution is 2.43. The number of hydrogen-bond acceptors (Lipinski definition) is 3. The first-order valence-corrected chi connectivity index (χ1v) is 7.86. The Labute approximate surface area is 151 Å². The zero-order chi connectivity index (χ0) is 19.8. The molecule has 2 amide bonds. The first kappa shape index (κ1) is 18.8. The fourth-order valence-corrected chi connectivity index (χ4v) is 3.10. The van der Waals surface area contributed by atoms with E-state index in [1.165, 1.54) is 41.7 Å². The number of hydrogen-bond donors (Lipinski definition) is 3. The molecular formula is C18H14F4N2O3. The molecule has 1 aliphatic rings. The lowest BCUT2D eigenvalue weighted by Crippen LogP contribution is -2.72. The highest BCUT2D eigenvalue weighted by atomic mass is 19.4. The molecule has 0 bridgehead atoms. The quantitative estimate of drug-likeness (QED) is 0.564. The van der Waals surface area contributed by atoms with Gasteiger partial charge in [0.25, 0.3) is 0 Å². The Morgan fingerprint density at radius 3 is 2.33 bits per heavy atom. The number of nitrogens with one attached hydrogen (secondary N) is 2. The lowest BCUT2D eigenvalue weighted by molar-refractivity contribution is -0.287. The van der Waals surface area contributed by atoms with Gasteiger partial charge in [0, 0.05) is 5.56 Å². The minimum Gasteiger partial charge on any atom is -0.363 e. The van der Waals surface area contributed by atoms with Crippen LogP contribution in [0.2, 0.25) is 0 Å². The van der Waals surface area contributed by atoms with Gasteiger partial charge in [-0.05, 0) is 17.7 Å². The number of carbonyl (C=O) groups excluding carboxylic acids is 2. The van der Waals surface area contributed by atoms with E-state index in [2.05, 4.69) is 5.32 Å². The molecule has 3 atom stereocenters. The van der Waals surface area contributed by atoms with Gasteiger partial charge < -0.3 is 15.7 Å². The zero-order valence-electron chi connectivity index (χ0n) is 13.6. The normalized spacial score (nSPS) is 25.4. The molecule has 1 aliphatic heterocycles. The van der Waals surface area contributed by atoms with E-state index in [1.54, 1.807) is 6.07 Å². The number of ketones is 1. The van der Waals surface area contributed by atoms with Crippen LogP contribution in [0.5, 0.6) is 0 Å². The largest absolute Gasteiger partial charge is 0.437 e. The second-order valence-corrected chi connectivity index (χ2v) is 6.10. The summed E-state index contributed by atoms with van der Waals surface area (Å²) in [5.74, 6) is -4.00. The lowest BCUT2D eigenvalue weighted by Gasteiger charge is -2.45. The van der Waals surface area contributed by atoms with Crippen molar-refractivity contribution in [1.29, 1.82) is 0 Å². The molecule has 1 fully saturated rings. The Morgan fingerprint density at radius 2 is 1.74 bits per heavy atom. The summed E-state index contributed by atoms with van der Waals surface area (Å²) < 4.78 is 54.6. The van der Waals surface area contributed by atoms with Crippen LogP contribution < -0.4 is 10.6 Å². The predicted molar refractivity (Wildman–Crippen MR) is 86.1 cm³/mol. The van der Waals surface area contributed by atoms with Gasteiger partial charge in [-0.1, -0.05) is 42.5 Å². The van der Waals surface area contributed by atoms with Crippen LogP contribution in [0.4, 0.5) is 22.4 Å². The fraction of sp³-hybridized carbons (Fsp3) is 0.222. The third kappa shape index (κ3) is 3.37. The van der Waals surface area contributed by atoms with Crippen LogP contribution >= 0.6 is 0 Å². The Balaban J connectivity index is 2.17. The van der Waals surface area contributed by atoms with Crippen molar-refractivity contribution >= 4 is 11.8 Å². The number of rotatable bonds is 3. The Hall–Kier alpha value is -2.94. The van der Waals surface area contributed by atoms with E-state index < -0.39 is 41.5 Å². The molecule has 3 rings (SSSR count). The molecule has 0 unspecified atom stereocenters. The SMILES string of the molecule is O=C1N[C@H](c2cccc(F)c2)[C@H](C(=O)c2ccccc2)[C@@](O)(C(F)(F)F)N1. The van der Waals surface area contributed by atoms with Crippen LogP contribution in [-0.4, -0.2) is 28.8 Å². The summed E-state index contributed by atoms with van der Waals surface area (Å²) in [5.41, 5.74) is -4.01. The van der Waals surface area contributed by atoms with Crippen LogP contribution in [-0.2, 0) is 0 Å². The second kappa shape index (κ2) is 6.66. The van der Waals surface area contributed by atoms with Crippen molar-refractivity contribution in [2.24, 2.45) is 5.92 Å². The number of aliphatic hydroxyl groups is 1. The number of alkyl halides is 3. The molecule has 9 heteroatoms. The summed E-state index contributed by atoms with van der Waals surface area (Å²) in [6.45, 7) is 0. The van der Waals surface area contributed by atoms with E-state index in [1.807, 2.05) is 0 Å². The first-order chi connectivity index (χ1) is 12.6. The molecule has 0 saturated carbocycles. The number of carbonyl (C=O) groups is 2. The molecule has 2 aromatic carbocycles. The Morgan fingerprint density at radius 1 is 1.07 bits per heavy atom. The van der Waals surface area contributed by atoms with E-state index in [4.69, 9.17) is 0 Å². The molecule has 2 aromatic rings. The molecule has 0 aliphatic carbocycles. The fourth-order valence-electron chi connectivity index (χ4n) is 3.10. The van der Waals surface area contributed by atoms with Gasteiger partial charge in [-0.25, -0.2) is 9.18 Å². The van der Waals surface area contributed by atoms with Crippen LogP contribution in [0.25, 0.3) is 0 Å². The van der Waals surface area contributed by atoms with Crippen LogP contribution in [0.1, 0.15) is 22.0 Å². The number of urea groups is 1. The van der Waals surface area contributed by atoms with Crippen LogP contribution in [0, 0.1) is 11.7 Å². The maximum Gasteiger partial charge on any atom is 0.437 e. The number of Topliss-reactive ketones (excluding diaryl/α,β-unsaturated/α-hetero) is 1. The first-order valence-electron chi connectivity index (χ1n) is 7.86. The summed E-state index contributed by atoms with van der Waals surface area (Å²) in [6.07, 6.45) is -5.36. The molecule has 1 saturated heterocycles. The third-order valence-electron chi connectivity index (χ3n) is 4.35. The molecule has 0 aromatic heterocycles. The third-order valence-corrected chi connectivity index (χ3v) is 4.35. The predicted octanol–water partition coefficient (Wildman–Crippen LogP) is 2.93. The molecule has 5 nitrogen and oxygen atoms in total. The van der Waals surface area contributed by atoms with Gasteiger partial charge in [0.1, 0.15) is 11.7 Å². The van der Waals surface area contributed by atoms with Gasteiger partial charge in [0.05, 0.1) is 6.04 Å². The number of benzene rings is 2. The molecule has 1 heterocycles. The van der Waals surface area contributed by atoms with Gasteiger partial charge in [-0.15, -0.1) is 0 Å². The molecule has 0 spiro atoms. The van der Waals surface area contributed by atoms with Crippen molar-refractivity contribution in [3.63, 3.8) is 0 Å². The van der Waals surface area contributed by atoms with E-state index in [0.717, 1.165) is 12.1 Å². The molecule has 142 valence electrons. The summed E-state index contributed by atoms with van der Waals surface area (Å²) in [7, 11) is 0. The number of halogens is 4. The summed E-state index contributed by atoms with van der Waals surface area (Å²) in [5, 5.41) is 14.0. The van der Waals surface area contributed by atoms with E-state index in [9.17, 15) is 32.3 Å². The topological polar surface area (TPSA) is 78.4 Å². The zero-order valence-corrected chi connectivity index (χ0v) is 13.6. The van der Waals surface area contributed by atoms with E-state index in [-0.39, 0.29) is 11.1 Å². The van der Waals surface area contributed by atoms with E-state index >= 15 is 0 Å². The summed E-state index contributed by atoms with van der Waals surface area (Å²) >= 11 is 0. The monoisotopic (exact) mass is 382 g/mol. The summed E-state index contributed by atoms with van der Waals surface area (Å²) in [4.78, 5) is 24.7. The smallest absolute Gasteiger partial charge is 0.363 e. The molecule has 27 heavy (non-hydrogen) atoms. The summed E-state index contributed by atoms with van der Waals surface area (Å²) in [6, 6.07) is 8.58. The number of amides is 2. The maximum atomic E-state index is 13.7. The van der Waals surface area contributed by atoms with Crippen molar-refractivity contribution in [3.05, 3.63) is 71.5 Å². The van der Waals surface area contributed by atoms with E-state index in [0.29, 0.717) is 0 Å². The van der Waals surface area contributed by atoms with Crippen molar-refractivity contribution in [1.82, 2.24) is 10.6 Å². The van der Waals surface area contributed by atoms with Gasteiger partial charge in [-0.2, -0.15) is 13.2 Å². The second-order valence-electron chi connectivity index (χ2n) is 6.10. The van der Waals surface area contributed by atoms with Gasteiger partial charge in [0.15, 0.2) is 5.78 Å². The van der Waals surface area contributed by atoms with Gasteiger partial charge in [0.2, 0.25) is 5.72 Å². The van der Waals surface area contributed by atoms with Crippen molar-refractivity contribution in [2.45, 2.75) is 17.9 Å². The van der Waals surface area contributed by atoms with Crippen LogP contribution in [0.15, 0.2) is 54.6 Å².